The topological polar surface area (TPSA) is 12.0 Å². The third kappa shape index (κ3) is 1.72. The van der Waals surface area contributed by atoms with Crippen molar-refractivity contribution >= 4 is 28.6 Å². The van der Waals surface area contributed by atoms with Crippen molar-refractivity contribution in [2.45, 2.75) is 0 Å². The fraction of sp³-hybridized carbons (Fsp3) is 0. The van der Waals surface area contributed by atoms with E-state index in [1.165, 1.54) is 21.7 Å². The maximum atomic E-state index is 3.36. The van der Waals surface area contributed by atoms with Gasteiger partial charge in [0.05, 0.1) is 5.69 Å². The number of nitrogens with one attached hydrogen (secondary N) is 1. The van der Waals surface area contributed by atoms with Gasteiger partial charge in [-0.05, 0) is 35.2 Å². The van der Waals surface area contributed by atoms with Crippen molar-refractivity contribution in [2.75, 3.05) is 4.72 Å². The summed E-state index contributed by atoms with van der Waals surface area (Å²) in [4.78, 5) is 1.26. The Morgan fingerprint density at radius 1 is 0.812 bits per heavy atom. The second kappa shape index (κ2) is 4.06. The van der Waals surface area contributed by atoms with E-state index in [0.717, 1.165) is 0 Å². The second-order valence-electron chi connectivity index (χ2n) is 3.67. The van der Waals surface area contributed by atoms with Gasteiger partial charge in [0.1, 0.15) is 0 Å². The Bertz CT molecular complexity index is 531. The lowest BCUT2D eigenvalue weighted by Gasteiger charge is -2.17. The number of benzene rings is 2. The number of hydrogen-bond donors (Lipinski definition) is 1. The van der Waals surface area contributed by atoms with Gasteiger partial charge in [0.2, 0.25) is 0 Å². The number of hydrogen-bond acceptors (Lipinski definition) is 2. The average molecular weight is 225 g/mol. The highest BCUT2D eigenvalue weighted by molar-refractivity contribution is 8.09. The molecule has 0 fully saturated rings. The van der Waals surface area contributed by atoms with E-state index < -0.39 is 0 Å². The molecule has 1 heterocycles. The standard InChI is InChI=1S/C14H11NS/c1-2-6-11(7-3-1)14-10-12-8-4-5-9-13(12)15-16-14/h1-10,15H. The zero-order chi connectivity index (χ0) is 10.8. The number of anilines is 1. The molecule has 0 radical (unpaired) electrons. The van der Waals surface area contributed by atoms with Gasteiger partial charge in [-0.15, -0.1) is 0 Å². The summed E-state index contributed by atoms with van der Waals surface area (Å²) in [6.45, 7) is 0. The van der Waals surface area contributed by atoms with Crippen LogP contribution >= 0.6 is 11.9 Å². The van der Waals surface area contributed by atoms with Crippen molar-refractivity contribution in [1.29, 1.82) is 0 Å². The van der Waals surface area contributed by atoms with Crippen molar-refractivity contribution in [3.05, 3.63) is 65.7 Å². The lowest BCUT2D eigenvalue weighted by atomic mass is 10.1. The second-order valence-corrected chi connectivity index (χ2v) is 4.51. The average Bonchev–Trinajstić information content (AvgIpc) is 2.39. The van der Waals surface area contributed by atoms with E-state index in [4.69, 9.17) is 0 Å². The maximum absolute atomic E-state index is 3.36. The summed E-state index contributed by atoms with van der Waals surface area (Å²) >= 11 is 1.67. The number of rotatable bonds is 1. The monoisotopic (exact) mass is 225 g/mol. The molecule has 1 nitrogen and oxygen atoms in total. The molecule has 0 atom stereocenters. The normalized spacial score (nSPS) is 13.6. The smallest absolute Gasteiger partial charge is 0.0516 e. The number of para-hydroxylation sites is 1. The zero-order valence-corrected chi connectivity index (χ0v) is 9.50. The Morgan fingerprint density at radius 2 is 1.56 bits per heavy atom. The van der Waals surface area contributed by atoms with Crippen LogP contribution in [0, 0.1) is 0 Å². The van der Waals surface area contributed by atoms with E-state index in [0.29, 0.717) is 0 Å². The molecule has 2 aromatic rings. The van der Waals surface area contributed by atoms with Crippen molar-refractivity contribution in [2.24, 2.45) is 0 Å². The van der Waals surface area contributed by atoms with E-state index in [1.54, 1.807) is 11.9 Å². The molecule has 78 valence electrons. The van der Waals surface area contributed by atoms with Crippen LogP contribution in [-0.2, 0) is 0 Å². The molecule has 0 saturated heterocycles. The molecule has 0 aromatic heterocycles. The van der Waals surface area contributed by atoms with Crippen LogP contribution in [0.15, 0.2) is 54.6 Å². The summed E-state index contributed by atoms with van der Waals surface area (Å²) in [7, 11) is 0. The van der Waals surface area contributed by atoms with Crippen LogP contribution in [0.5, 0.6) is 0 Å². The van der Waals surface area contributed by atoms with Gasteiger partial charge in [-0.2, -0.15) is 0 Å². The van der Waals surface area contributed by atoms with E-state index in [-0.39, 0.29) is 0 Å². The van der Waals surface area contributed by atoms with Gasteiger partial charge in [-0.1, -0.05) is 48.5 Å². The van der Waals surface area contributed by atoms with E-state index in [1.807, 2.05) is 12.1 Å². The fourth-order valence-electron chi connectivity index (χ4n) is 1.74. The van der Waals surface area contributed by atoms with E-state index in [2.05, 4.69) is 53.3 Å². The SMILES string of the molecule is C1=C(c2ccccc2)SNc2ccccc21. The summed E-state index contributed by atoms with van der Waals surface area (Å²) in [5, 5.41) is 0. The fourth-order valence-corrected chi connectivity index (χ4v) is 2.59. The van der Waals surface area contributed by atoms with Gasteiger partial charge in [0.25, 0.3) is 0 Å². The molecule has 0 amide bonds. The maximum Gasteiger partial charge on any atom is 0.0516 e. The van der Waals surface area contributed by atoms with Crippen LogP contribution in [0.3, 0.4) is 0 Å². The zero-order valence-electron chi connectivity index (χ0n) is 8.68. The van der Waals surface area contributed by atoms with Gasteiger partial charge in [0.15, 0.2) is 0 Å². The van der Waals surface area contributed by atoms with Crippen molar-refractivity contribution in [1.82, 2.24) is 0 Å². The van der Waals surface area contributed by atoms with Crippen molar-refractivity contribution < 1.29 is 0 Å². The lowest BCUT2D eigenvalue weighted by Crippen LogP contribution is -1.96. The molecule has 1 aliphatic rings. The molecular formula is C14H11NS. The summed E-state index contributed by atoms with van der Waals surface area (Å²) in [6, 6.07) is 18.8. The predicted molar refractivity (Wildman–Crippen MR) is 72.0 cm³/mol. The van der Waals surface area contributed by atoms with E-state index >= 15 is 0 Å². The Labute approximate surface area is 99.3 Å². The van der Waals surface area contributed by atoms with Crippen LogP contribution in [0.2, 0.25) is 0 Å². The van der Waals surface area contributed by atoms with Crippen LogP contribution in [0.1, 0.15) is 11.1 Å². The van der Waals surface area contributed by atoms with Gasteiger partial charge in [0, 0.05) is 4.91 Å². The van der Waals surface area contributed by atoms with Gasteiger partial charge in [-0.25, -0.2) is 0 Å². The highest BCUT2D eigenvalue weighted by Gasteiger charge is 2.10. The molecule has 0 saturated carbocycles. The number of fused-ring (bicyclic) bond motifs is 1. The summed E-state index contributed by atoms with van der Waals surface area (Å²) < 4.78 is 3.36. The molecule has 16 heavy (non-hydrogen) atoms. The Kier molecular flexibility index (Phi) is 2.43. The summed E-state index contributed by atoms with van der Waals surface area (Å²) in [6.07, 6.45) is 2.23. The van der Waals surface area contributed by atoms with Gasteiger partial charge < -0.3 is 4.72 Å². The predicted octanol–water partition coefficient (Wildman–Crippen LogP) is 4.26. The van der Waals surface area contributed by atoms with Gasteiger partial charge in [-0.3, -0.25) is 0 Å². The molecule has 1 N–H and O–H groups in total. The molecule has 0 aliphatic carbocycles. The first-order valence-electron chi connectivity index (χ1n) is 5.22. The Morgan fingerprint density at radius 3 is 2.44 bits per heavy atom. The third-order valence-electron chi connectivity index (χ3n) is 2.58. The molecule has 3 rings (SSSR count). The van der Waals surface area contributed by atoms with Crippen LogP contribution in [-0.4, -0.2) is 0 Å². The molecule has 0 spiro atoms. The van der Waals surface area contributed by atoms with Gasteiger partial charge >= 0.3 is 0 Å². The quantitative estimate of drug-likeness (QED) is 0.728. The molecule has 0 bridgehead atoms. The molecule has 0 unspecified atom stereocenters. The summed E-state index contributed by atoms with van der Waals surface area (Å²) in [5.41, 5.74) is 3.70. The van der Waals surface area contributed by atoms with Crippen LogP contribution in [0.25, 0.3) is 11.0 Å². The first kappa shape index (κ1) is 9.55. The molecule has 2 aromatic carbocycles. The minimum Gasteiger partial charge on any atom is -0.325 e. The largest absolute Gasteiger partial charge is 0.325 e. The minimum absolute atomic E-state index is 1.19. The highest BCUT2D eigenvalue weighted by Crippen LogP contribution is 2.37. The van der Waals surface area contributed by atoms with Crippen molar-refractivity contribution in [3.63, 3.8) is 0 Å². The van der Waals surface area contributed by atoms with E-state index in [9.17, 15) is 0 Å². The lowest BCUT2D eigenvalue weighted by molar-refractivity contribution is 1.61. The minimum atomic E-state index is 1.19. The molecular weight excluding hydrogens is 214 g/mol. The first-order valence-corrected chi connectivity index (χ1v) is 6.04. The molecule has 1 aliphatic heterocycles. The van der Waals surface area contributed by atoms with Crippen LogP contribution < -0.4 is 4.72 Å². The summed E-state index contributed by atoms with van der Waals surface area (Å²) in [5.74, 6) is 0. The van der Waals surface area contributed by atoms with Crippen LogP contribution in [0.4, 0.5) is 5.69 Å². The molecule has 2 heteroatoms. The third-order valence-corrected chi connectivity index (χ3v) is 3.47. The highest BCUT2D eigenvalue weighted by atomic mass is 32.2. The Hall–Kier alpha value is -1.67. The van der Waals surface area contributed by atoms with Crippen molar-refractivity contribution in [3.8, 4) is 0 Å². The Balaban J connectivity index is 2.04. The first-order chi connectivity index (χ1) is 7.93.